The summed E-state index contributed by atoms with van der Waals surface area (Å²) < 4.78 is 19.5. The number of piperazine rings is 1. The van der Waals surface area contributed by atoms with Crippen molar-refractivity contribution in [2.24, 2.45) is 7.05 Å². The van der Waals surface area contributed by atoms with E-state index >= 15 is 0 Å². The summed E-state index contributed by atoms with van der Waals surface area (Å²) in [4.78, 5) is 44.5. The molecule has 296 valence electrons. The number of carbonyl (C=O) groups is 3. The predicted octanol–water partition coefficient (Wildman–Crippen LogP) is 9.02. The molecular weight excluding hydrogens is 717 g/mol. The summed E-state index contributed by atoms with van der Waals surface area (Å²) in [5, 5.41) is 3.24. The first-order valence-corrected chi connectivity index (χ1v) is 19.7. The van der Waals surface area contributed by atoms with Gasteiger partial charge in [-0.05, 0) is 112 Å². The molecule has 0 spiro atoms. The van der Waals surface area contributed by atoms with E-state index in [0.29, 0.717) is 36.7 Å². The number of carbonyl (C=O) groups excluding carboxylic acids is 3. The first-order valence-electron chi connectivity index (χ1n) is 19.7. The highest BCUT2D eigenvalue weighted by Crippen LogP contribution is 2.35. The van der Waals surface area contributed by atoms with Gasteiger partial charge in [-0.2, -0.15) is 0 Å². The molecule has 0 radical (unpaired) electrons. The molecule has 1 aromatic heterocycles. The highest BCUT2D eigenvalue weighted by atomic mass is 16.6. The second-order valence-electron chi connectivity index (χ2n) is 16.2. The Morgan fingerprint density at radius 2 is 1.46 bits per heavy atom. The molecular formula is C47H52N4O6. The molecule has 0 unspecified atom stereocenters. The first kappa shape index (κ1) is 39.2. The topological polar surface area (TPSA) is 102 Å². The van der Waals surface area contributed by atoms with E-state index in [1.54, 1.807) is 4.57 Å². The van der Waals surface area contributed by atoms with Crippen LogP contribution < -0.4 is 15.0 Å². The summed E-state index contributed by atoms with van der Waals surface area (Å²) in [6.07, 6.45) is 3.50. The summed E-state index contributed by atoms with van der Waals surface area (Å²) >= 11 is 0. The van der Waals surface area contributed by atoms with Crippen LogP contribution in [-0.4, -0.2) is 58.2 Å². The molecule has 7 rings (SSSR count). The van der Waals surface area contributed by atoms with Crippen LogP contribution in [0.25, 0.3) is 11.1 Å². The monoisotopic (exact) mass is 768 g/mol. The molecule has 2 amide bonds. The van der Waals surface area contributed by atoms with Gasteiger partial charge in [-0.25, -0.2) is 9.59 Å². The van der Waals surface area contributed by atoms with Crippen LogP contribution >= 0.6 is 0 Å². The molecule has 1 N–H and O–H groups in total. The van der Waals surface area contributed by atoms with Gasteiger partial charge in [-0.15, -0.1) is 0 Å². The van der Waals surface area contributed by atoms with Crippen LogP contribution in [0.5, 0.6) is 5.75 Å². The van der Waals surface area contributed by atoms with Crippen LogP contribution in [0.2, 0.25) is 0 Å². The fourth-order valence-corrected chi connectivity index (χ4v) is 7.72. The van der Waals surface area contributed by atoms with E-state index in [4.69, 9.17) is 14.2 Å². The zero-order valence-electron chi connectivity index (χ0n) is 33.7. The molecule has 5 aromatic rings. The normalized spacial score (nSPS) is 16.9. The third-order valence-corrected chi connectivity index (χ3v) is 10.7. The number of esters is 1. The van der Waals surface area contributed by atoms with Crippen molar-refractivity contribution in [3.8, 4) is 16.9 Å². The van der Waals surface area contributed by atoms with Crippen LogP contribution in [0.1, 0.15) is 89.7 Å². The third-order valence-electron chi connectivity index (χ3n) is 10.7. The number of ether oxygens (including phenoxy) is 3. The number of hydrogen-bond donors (Lipinski definition) is 1. The predicted molar refractivity (Wildman–Crippen MR) is 221 cm³/mol. The van der Waals surface area contributed by atoms with E-state index in [-0.39, 0.29) is 36.7 Å². The van der Waals surface area contributed by atoms with Gasteiger partial charge in [-0.3, -0.25) is 9.69 Å². The number of benzene rings is 4. The van der Waals surface area contributed by atoms with Gasteiger partial charge in [0.15, 0.2) is 0 Å². The SMILES string of the molecule is Cc1ccc(N2C[C@H]3CC[C@@H](C2)N3C(=O)OC(C)(C)C)cc1C(=O)N[C@H](C)c1cc(OCc2ccccc2)cc(-c2cc(C(=O)OCc3ccccc3)n(C)c2)c1. The first-order chi connectivity index (χ1) is 27.3. The largest absolute Gasteiger partial charge is 0.489 e. The average Bonchev–Trinajstić information content (AvgIpc) is 3.72. The highest BCUT2D eigenvalue weighted by Gasteiger charge is 2.44. The van der Waals surface area contributed by atoms with Crippen molar-refractivity contribution in [2.75, 3.05) is 18.0 Å². The summed E-state index contributed by atoms with van der Waals surface area (Å²) in [6.45, 7) is 11.5. The van der Waals surface area contributed by atoms with Crippen LogP contribution in [0.15, 0.2) is 109 Å². The van der Waals surface area contributed by atoms with Crippen LogP contribution in [-0.2, 0) is 29.7 Å². The van der Waals surface area contributed by atoms with Crippen molar-refractivity contribution in [2.45, 2.75) is 84.4 Å². The molecule has 2 fully saturated rings. The van der Waals surface area contributed by atoms with Crippen molar-refractivity contribution >= 4 is 23.7 Å². The standard InChI is InChI=1S/C47H52N4O6/c1-31-17-18-38(50-27-39-19-20-40(28-50)51(39)46(54)57-47(3,4)5)25-42(31)44(52)48-32(2)35-21-36(23-41(22-35)55-29-33-13-9-7-10-14-33)37-24-43(49(6)26-37)45(53)56-30-34-15-11-8-12-16-34/h7-18,21-26,32,39-40H,19-20,27-30H2,1-6H3,(H,48,52)/t32-,39-,40+/m1/s1. The third kappa shape index (κ3) is 9.34. The van der Waals surface area contributed by atoms with Gasteiger partial charge in [-0.1, -0.05) is 66.7 Å². The Hall–Kier alpha value is -6.03. The molecule has 10 heteroatoms. The molecule has 4 aromatic carbocycles. The number of aromatic nitrogens is 1. The van der Waals surface area contributed by atoms with Gasteiger partial charge in [0.05, 0.1) is 18.1 Å². The Balaban J connectivity index is 1.09. The fraction of sp³-hybridized carbons (Fsp3) is 0.340. The van der Waals surface area contributed by atoms with E-state index < -0.39 is 11.6 Å². The minimum atomic E-state index is -0.550. The van der Waals surface area contributed by atoms with Crippen LogP contribution in [0, 0.1) is 6.92 Å². The average molecular weight is 769 g/mol. The van der Waals surface area contributed by atoms with Crippen molar-refractivity contribution in [3.63, 3.8) is 0 Å². The van der Waals surface area contributed by atoms with Crippen LogP contribution in [0.3, 0.4) is 0 Å². The Morgan fingerprint density at radius 1 is 0.807 bits per heavy atom. The Kier molecular flexibility index (Phi) is 11.4. The number of amides is 2. The molecule has 3 heterocycles. The van der Waals surface area contributed by atoms with Crippen molar-refractivity contribution in [1.82, 2.24) is 14.8 Å². The molecule has 57 heavy (non-hydrogen) atoms. The lowest BCUT2D eigenvalue weighted by atomic mass is 10.00. The van der Waals surface area contributed by atoms with Crippen molar-refractivity contribution < 1.29 is 28.6 Å². The van der Waals surface area contributed by atoms with Gasteiger partial charge < -0.3 is 29.0 Å². The zero-order chi connectivity index (χ0) is 40.3. The quantitative estimate of drug-likeness (QED) is 0.134. The maximum absolute atomic E-state index is 14.1. The fourth-order valence-electron chi connectivity index (χ4n) is 7.72. The Labute approximate surface area is 335 Å². The molecule has 0 saturated carbocycles. The molecule has 10 nitrogen and oxygen atoms in total. The lowest BCUT2D eigenvalue weighted by molar-refractivity contribution is 0.0123. The molecule has 2 aliphatic heterocycles. The van der Waals surface area contributed by atoms with Crippen molar-refractivity contribution in [3.05, 3.63) is 143 Å². The van der Waals surface area contributed by atoms with Gasteiger partial charge in [0.1, 0.15) is 30.3 Å². The number of rotatable bonds is 11. The maximum atomic E-state index is 14.1. The second-order valence-corrected chi connectivity index (χ2v) is 16.2. The highest BCUT2D eigenvalue weighted by molar-refractivity contribution is 5.97. The molecule has 2 bridgehead atoms. The van der Waals surface area contributed by atoms with E-state index in [2.05, 4.69) is 16.3 Å². The van der Waals surface area contributed by atoms with Gasteiger partial charge >= 0.3 is 12.1 Å². The number of nitrogens with zero attached hydrogens (tertiary/aromatic N) is 3. The number of anilines is 1. The van der Waals surface area contributed by atoms with Gasteiger partial charge in [0.25, 0.3) is 5.91 Å². The summed E-state index contributed by atoms with van der Waals surface area (Å²) in [7, 11) is 1.82. The zero-order valence-corrected chi connectivity index (χ0v) is 33.7. The number of nitrogens with one attached hydrogen (secondary N) is 1. The molecule has 2 aliphatic rings. The van der Waals surface area contributed by atoms with Gasteiger partial charge in [0, 0.05) is 43.1 Å². The van der Waals surface area contributed by atoms with E-state index in [1.807, 2.05) is 150 Å². The van der Waals surface area contributed by atoms with Crippen molar-refractivity contribution in [1.29, 1.82) is 0 Å². The van der Waals surface area contributed by atoms with Gasteiger partial charge in [0.2, 0.25) is 0 Å². The minimum absolute atomic E-state index is 0.0587. The Morgan fingerprint density at radius 3 is 2.11 bits per heavy atom. The molecule has 3 atom stereocenters. The lowest BCUT2D eigenvalue weighted by Crippen LogP contribution is -2.56. The number of aryl methyl sites for hydroxylation is 2. The number of fused-ring (bicyclic) bond motifs is 2. The minimum Gasteiger partial charge on any atom is -0.489 e. The summed E-state index contributed by atoms with van der Waals surface area (Å²) in [5.41, 5.74) is 6.76. The second kappa shape index (κ2) is 16.6. The van der Waals surface area contributed by atoms with E-state index in [9.17, 15) is 14.4 Å². The van der Waals surface area contributed by atoms with E-state index in [1.165, 1.54) is 0 Å². The lowest BCUT2D eigenvalue weighted by Gasteiger charge is -2.42. The summed E-state index contributed by atoms with van der Waals surface area (Å²) in [6, 6.07) is 33.1. The van der Waals surface area contributed by atoms with E-state index in [0.717, 1.165) is 51.9 Å². The smallest absolute Gasteiger partial charge is 0.410 e. The maximum Gasteiger partial charge on any atom is 0.410 e. The summed E-state index contributed by atoms with van der Waals surface area (Å²) in [5.74, 6) is 0.0421. The molecule has 0 aliphatic carbocycles. The molecule has 2 saturated heterocycles. The number of hydrogen-bond acceptors (Lipinski definition) is 7. The Bertz CT molecular complexity index is 2210. The van der Waals surface area contributed by atoms with Crippen LogP contribution in [0.4, 0.5) is 10.5 Å².